The predicted molar refractivity (Wildman–Crippen MR) is 284 cm³/mol. The lowest BCUT2D eigenvalue weighted by atomic mass is 9.36. The van der Waals surface area contributed by atoms with Crippen LogP contribution < -0.4 is 30.4 Å². The van der Waals surface area contributed by atoms with Gasteiger partial charge in [-0.3, -0.25) is 4.90 Å². The van der Waals surface area contributed by atoms with Crippen molar-refractivity contribution in [1.82, 2.24) is 4.98 Å². The lowest BCUT2D eigenvalue weighted by Gasteiger charge is -2.44. The first-order chi connectivity index (χ1) is 30.4. The van der Waals surface area contributed by atoms with Gasteiger partial charge < -0.3 is 9.80 Å². The number of rotatable bonds is 5. The molecule has 0 amide bonds. The van der Waals surface area contributed by atoms with Crippen LogP contribution in [0.25, 0.3) is 0 Å². The maximum Gasteiger partial charge on any atom is 0.266 e. The molecule has 6 heteroatoms. The van der Waals surface area contributed by atoms with E-state index in [1.165, 1.54) is 60.7 Å². The summed E-state index contributed by atoms with van der Waals surface area (Å²) in [6.45, 7) is 34.9. The van der Waals surface area contributed by atoms with Gasteiger partial charge in [-0.2, -0.15) is 0 Å². The lowest BCUT2D eigenvalue weighted by molar-refractivity contribution is 0.568. The van der Waals surface area contributed by atoms with Crippen molar-refractivity contribution in [2.75, 3.05) is 14.7 Å². The van der Waals surface area contributed by atoms with E-state index in [-0.39, 0.29) is 33.8 Å². The quantitative estimate of drug-likeness (QED) is 0.161. The molecule has 6 aromatic carbocycles. The molecule has 1 aromatic heterocycles. The number of benzene rings is 6. The van der Waals surface area contributed by atoms with Crippen LogP contribution in [0.15, 0.2) is 133 Å². The number of hydrogen-bond acceptors (Lipinski definition) is 5. The zero-order valence-corrected chi connectivity index (χ0v) is 42.3. The fraction of sp³-hybridized carbons (Fsp3) is 0.339. The Bertz CT molecular complexity index is 2820. The average Bonchev–Trinajstić information content (AvgIpc) is 3.69. The van der Waals surface area contributed by atoms with Gasteiger partial charge in [-0.25, -0.2) is 4.98 Å². The second-order valence-electron chi connectivity index (χ2n) is 23.6. The van der Waals surface area contributed by atoms with E-state index in [4.69, 9.17) is 4.98 Å². The molecule has 0 aliphatic carbocycles. The molecule has 0 N–H and O–H groups in total. The molecule has 0 spiro atoms. The minimum absolute atomic E-state index is 0.0229. The fourth-order valence-electron chi connectivity index (χ4n) is 9.35. The predicted octanol–water partition coefficient (Wildman–Crippen LogP) is 15.2. The fourth-order valence-corrected chi connectivity index (χ4v) is 10.6. The van der Waals surface area contributed by atoms with Gasteiger partial charge in [-0.15, -0.1) is 11.3 Å². The first kappa shape index (κ1) is 44.6. The third kappa shape index (κ3) is 8.11. The molecule has 0 saturated heterocycles. The van der Waals surface area contributed by atoms with Gasteiger partial charge in [0.1, 0.15) is 5.82 Å². The van der Waals surface area contributed by atoms with Crippen LogP contribution in [0.3, 0.4) is 0 Å². The van der Waals surface area contributed by atoms with E-state index in [9.17, 15) is 0 Å². The molecular weight excluding hydrogens is 808 g/mol. The van der Waals surface area contributed by atoms with Crippen molar-refractivity contribution in [1.29, 1.82) is 0 Å². The Kier molecular flexibility index (Phi) is 10.6. The van der Waals surface area contributed by atoms with Crippen molar-refractivity contribution >= 4 is 85.1 Å². The summed E-state index contributed by atoms with van der Waals surface area (Å²) in [5.41, 5.74) is 16.8. The van der Waals surface area contributed by atoms with E-state index in [0.717, 1.165) is 33.6 Å². The summed E-state index contributed by atoms with van der Waals surface area (Å²) in [5.74, 6) is 1.05. The third-order valence-electron chi connectivity index (χ3n) is 13.3. The molecule has 332 valence electrons. The summed E-state index contributed by atoms with van der Waals surface area (Å²) < 4.78 is 1.30. The Morgan fingerprint density at radius 1 is 0.431 bits per heavy atom. The van der Waals surface area contributed by atoms with Gasteiger partial charge in [0, 0.05) is 55.7 Å². The zero-order chi connectivity index (χ0) is 46.6. The highest BCUT2D eigenvalue weighted by Gasteiger charge is 2.47. The van der Waals surface area contributed by atoms with Gasteiger partial charge in [0.25, 0.3) is 6.71 Å². The molecule has 0 fully saturated rings. The SMILES string of the molecule is CC(C)(C)c1ccc(N2c3cc(N(c4ccccc4)c4ccccc4)ccc3B3c4sc(C(C)(C)C)nc4N(c4cc(C(C)(C)C)cc(C(C)(C)C)c4)c4cc(C(C)(C)C)cc2c43)cc1. The lowest BCUT2D eigenvalue weighted by Crippen LogP contribution is -2.60. The highest BCUT2D eigenvalue weighted by Crippen LogP contribution is 2.49. The van der Waals surface area contributed by atoms with Crippen LogP contribution in [0, 0.1) is 0 Å². The number of nitrogens with zero attached hydrogens (tertiary/aromatic N) is 4. The molecule has 7 aromatic rings. The van der Waals surface area contributed by atoms with Gasteiger partial charge in [0.2, 0.25) is 0 Å². The minimum atomic E-state index is -0.142. The minimum Gasteiger partial charge on any atom is -0.311 e. The first-order valence-corrected chi connectivity index (χ1v) is 24.3. The van der Waals surface area contributed by atoms with Crippen molar-refractivity contribution < 1.29 is 0 Å². The maximum atomic E-state index is 5.74. The molecule has 4 nitrogen and oxygen atoms in total. The first-order valence-electron chi connectivity index (χ1n) is 23.5. The van der Waals surface area contributed by atoms with Crippen LogP contribution in [-0.4, -0.2) is 11.7 Å². The molecule has 0 bridgehead atoms. The Morgan fingerprint density at radius 2 is 0.923 bits per heavy atom. The van der Waals surface area contributed by atoms with Crippen LogP contribution in [0.1, 0.15) is 131 Å². The topological polar surface area (TPSA) is 22.6 Å². The van der Waals surface area contributed by atoms with Crippen LogP contribution in [0.5, 0.6) is 0 Å². The molecule has 0 radical (unpaired) electrons. The summed E-state index contributed by atoms with van der Waals surface area (Å²) in [6, 6.07) is 50.4. The van der Waals surface area contributed by atoms with E-state index in [0.29, 0.717) is 0 Å². The van der Waals surface area contributed by atoms with Gasteiger partial charge in [-0.1, -0.05) is 165 Å². The van der Waals surface area contributed by atoms with Gasteiger partial charge >= 0.3 is 0 Å². The van der Waals surface area contributed by atoms with Crippen molar-refractivity contribution in [3.05, 3.63) is 161 Å². The molecule has 0 saturated carbocycles. The van der Waals surface area contributed by atoms with Crippen molar-refractivity contribution in [3.8, 4) is 0 Å². The largest absolute Gasteiger partial charge is 0.311 e. The summed E-state index contributed by atoms with van der Waals surface area (Å²) in [5, 5.41) is 1.15. The maximum absolute atomic E-state index is 5.74. The van der Waals surface area contributed by atoms with Crippen molar-refractivity contribution in [3.63, 3.8) is 0 Å². The standard InChI is InChI=1S/C59H67BN4S/c1-55(2,3)38-26-28-44(29-27-38)63-48-37-45(62(42-22-18-16-19-23-42)43-24-20-17-21-25-43)30-31-47(48)60-51-49(63)35-41(58(10,11)12)36-50(51)64(53-52(60)65-54(61-53)59(13,14)15)46-33-39(56(4,5)6)32-40(34-46)57(7,8)9/h16-37H,1-15H3. The van der Waals surface area contributed by atoms with E-state index in [2.05, 4.69) is 252 Å². The van der Waals surface area contributed by atoms with E-state index < -0.39 is 0 Å². The number of thiazole rings is 1. The molecular formula is C59H67BN4S. The molecule has 0 unspecified atom stereocenters. The number of para-hydroxylation sites is 2. The molecule has 2 aliphatic heterocycles. The van der Waals surface area contributed by atoms with E-state index in [1.807, 2.05) is 11.3 Å². The number of aromatic nitrogens is 1. The third-order valence-corrected chi connectivity index (χ3v) is 14.8. The Morgan fingerprint density at radius 3 is 1.42 bits per heavy atom. The second-order valence-corrected chi connectivity index (χ2v) is 24.6. The van der Waals surface area contributed by atoms with E-state index >= 15 is 0 Å². The average molecular weight is 875 g/mol. The Labute approximate surface area is 394 Å². The smallest absolute Gasteiger partial charge is 0.266 e. The number of hydrogen-bond donors (Lipinski definition) is 0. The molecule has 65 heavy (non-hydrogen) atoms. The molecule has 2 aliphatic rings. The summed E-state index contributed by atoms with van der Waals surface area (Å²) in [6.07, 6.45) is 0. The highest BCUT2D eigenvalue weighted by atomic mass is 32.1. The van der Waals surface area contributed by atoms with Crippen LogP contribution in [0.2, 0.25) is 0 Å². The van der Waals surface area contributed by atoms with Crippen molar-refractivity contribution in [2.24, 2.45) is 0 Å². The van der Waals surface area contributed by atoms with Crippen LogP contribution >= 0.6 is 11.3 Å². The van der Waals surface area contributed by atoms with Gasteiger partial charge in [-0.05, 0) is 128 Å². The Balaban J connectivity index is 1.40. The van der Waals surface area contributed by atoms with Crippen LogP contribution in [-0.2, 0) is 27.1 Å². The molecule has 9 rings (SSSR count). The summed E-state index contributed by atoms with van der Waals surface area (Å²) in [7, 11) is 0. The summed E-state index contributed by atoms with van der Waals surface area (Å²) >= 11 is 1.90. The van der Waals surface area contributed by atoms with Crippen molar-refractivity contribution in [2.45, 2.75) is 131 Å². The number of fused-ring (bicyclic) bond motifs is 4. The molecule has 3 heterocycles. The summed E-state index contributed by atoms with van der Waals surface area (Å²) in [4.78, 5) is 13.2. The van der Waals surface area contributed by atoms with Gasteiger partial charge in [0.05, 0.1) is 5.01 Å². The Hall–Kier alpha value is -5.59. The van der Waals surface area contributed by atoms with Crippen LogP contribution in [0.4, 0.5) is 51.3 Å². The van der Waals surface area contributed by atoms with Gasteiger partial charge in [0.15, 0.2) is 0 Å². The number of anilines is 9. The second kappa shape index (κ2) is 15.5. The monoisotopic (exact) mass is 875 g/mol. The van der Waals surface area contributed by atoms with E-state index in [1.54, 1.807) is 0 Å². The zero-order valence-electron chi connectivity index (χ0n) is 41.5. The normalized spacial score (nSPS) is 14.0. The highest BCUT2D eigenvalue weighted by molar-refractivity contribution is 7.28. The molecule has 0 atom stereocenters.